The number of benzene rings is 2. The van der Waals surface area contributed by atoms with Crippen LogP contribution >= 0.6 is 11.6 Å². The molecular formula is C37H46ClN3O10S. The van der Waals surface area contributed by atoms with E-state index in [1.54, 1.807) is 18.3 Å². The average molecular weight is 760 g/mol. The van der Waals surface area contributed by atoms with Gasteiger partial charge in [-0.3, -0.25) is 9.78 Å². The van der Waals surface area contributed by atoms with E-state index in [0.29, 0.717) is 36.5 Å². The van der Waals surface area contributed by atoms with Gasteiger partial charge in [-0.15, -0.1) is 0 Å². The summed E-state index contributed by atoms with van der Waals surface area (Å²) in [5.74, 6) is 0.518. The Morgan fingerprint density at radius 1 is 1.02 bits per heavy atom. The third-order valence-electron chi connectivity index (χ3n) is 9.94. The summed E-state index contributed by atoms with van der Waals surface area (Å²) in [7, 11) is -3.79. The van der Waals surface area contributed by atoms with Crippen molar-refractivity contribution in [2.75, 3.05) is 26.2 Å². The number of aromatic nitrogens is 1. The highest BCUT2D eigenvalue weighted by atomic mass is 35.5. The van der Waals surface area contributed by atoms with Gasteiger partial charge in [0.1, 0.15) is 24.1 Å². The van der Waals surface area contributed by atoms with Crippen LogP contribution in [0.25, 0.3) is 11.1 Å². The first-order valence-corrected chi connectivity index (χ1v) is 19.5. The van der Waals surface area contributed by atoms with Crippen molar-refractivity contribution in [3.05, 3.63) is 77.1 Å². The minimum atomic E-state index is -3.79. The van der Waals surface area contributed by atoms with Crippen LogP contribution in [-0.4, -0.2) is 106 Å². The number of para-hydroxylation sites is 1. The Kier molecular flexibility index (Phi) is 12.2. The second kappa shape index (κ2) is 16.5. The summed E-state index contributed by atoms with van der Waals surface area (Å²) < 4.78 is 41.2. The first-order chi connectivity index (χ1) is 24.9. The molecule has 0 bridgehead atoms. The highest BCUT2D eigenvalue weighted by Gasteiger charge is 2.48. The van der Waals surface area contributed by atoms with Crippen LogP contribution in [0.2, 0.25) is 5.02 Å². The molecule has 0 unspecified atom stereocenters. The number of aliphatic hydroxyl groups is 5. The number of hydrogen-bond donors (Lipinski definition) is 6. The Morgan fingerprint density at radius 3 is 2.46 bits per heavy atom. The van der Waals surface area contributed by atoms with Crippen LogP contribution in [0.1, 0.15) is 56.1 Å². The van der Waals surface area contributed by atoms with Gasteiger partial charge in [0.2, 0.25) is 15.9 Å². The van der Waals surface area contributed by atoms with E-state index in [0.717, 1.165) is 48.1 Å². The molecule has 1 aliphatic heterocycles. The van der Waals surface area contributed by atoms with Crippen molar-refractivity contribution in [1.29, 1.82) is 0 Å². The maximum absolute atomic E-state index is 13.5. The number of aliphatic hydroxyl groups excluding tert-OH is 5. The van der Waals surface area contributed by atoms with Crippen LogP contribution in [0.15, 0.2) is 65.8 Å². The van der Waals surface area contributed by atoms with Crippen LogP contribution in [0, 0.1) is 5.92 Å². The van der Waals surface area contributed by atoms with Gasteiger partial charge in [-0.05, 0) is 85.9 Å². The number of carbonyl (C=O) groups excluding carboxylic acids is 1. The summed E-state index contributed by atoms with van der Waals surface area (Å²) in [6.07, 6.45) is 2.03. The molecule has 13 nitrogen and oxygen atoms in total. The third-order valence-corrected chi connectivity index (χ3v) is 12.1. The molecule has 1 amide bonds. The van der Waals surface area contributed by atoms with Crippen LogP contribution in [0.4, 0.5) is 0 Å². The molecule has 6 rings (SSSR count). The molecule has 3 aliphatic rings. The first-order valence-electron chi connectivity index (χ1n) is 17.6. The van der Waals surface area contributed by atoms with E-state index in [4.69, 9.17) is 26.2 Å². The van der Waals surface area contributed by atoms with Crippen LogP contribution in [0.3, 0.4) is 0 Å². The number of ether oxygens (including phenoxy) is 2. The number of pyridine rings is 1. The van der Waals surface area contributed by atoms with Gasteiger partial charge >= 0.3 is 0 Å². The predicted octanol–water partition coefficient (Wildman–Crippen LogP) is 2.49. The summed E-state index contributed by atoms with van der Waals surface area (Å²) in [6.45, 7) is -0.410. The second-order valence-corrected chi connectivity index (χ2v) is 16.3. The van der Waals surface area contributed by atoms with E-state index >= 15 is 0 Å². The van der Waals surface area contributed by atoms with Crippen molar-refractivity contribution in [3.8, 4) is 16.9 Å². The molecule has 1 saturated heterocycles. The Balaban J connectivity index is 1.00. The molecular weight excluding hydrogens is 714 g/mol. The predicted molar refractivity (Wildman–Crippen MR) is 191 cm³/mol. The maximum Gasteiger partial charge on any atom is 0.243 e. The number of nitrogens with zero attached hydrogens (tertiary/aromatic N) is 2. The van der Waals surface area contributed by atoms with Crippen molar-refractivity contribution in [2.45, 2.75) is 92.6 Å². The Morgan fingerprint density at radius 2 is 1.75 bits per heavy atom. The molecule has 1 aromatic heterocycles. The molecule has 3 aromatic rings. The molecule has 15 heteroatoms. The maximum atomic E-state index is 13.5. The van der Waals surface area contributed by atoms with Crippen molar-refractivity contribution in [2.24, 2.45) is 5.92 Å². The number of sulfonamides is 1. The zero-order valence-electron chi connectivity index (χ0n) is 28.7. The van der Waals surface area contributed by atoms with E-state index in [1.807, 2.05) is 36.5 Å². The van der Waals surface area contributed by atoms with Gasteiger partial charge in [0.05, 0.1) is 35.9 Å². The summed E-state index contributed by atoms with van der Waals surface area (Å²) in [4.78, 5) is 16.8. The standard InChI is InChI=1S/C37H46ClN3O10S/c38-30-11-10-26(52(48,49)41-19-23(20-41)4-3-7-34(45)40-18-31(43)35(46)36(47)32(44)21-42)16-24(30)22-50-37(13-14-37)29-17-39-15-12-27(29)28-5-1-2-6-33(28)51-25-8-9-25/h1-2,5-6,10-12,15-17,23,25,31-32,35-36,42-44,46-47H,3-4,7-9,13-14,18-22H2,(H,40,45)/t31-,32+,35+,36+/m0/s1. The SMILES string of the molecule is O=C(CCCC1CN(S(=O)(=O)c2ccc(Cl)c(COC3(c4cnccc4-c4ccccc4OC4CC4)CC3)c2)C1)NC[C@H](O)[C@@H](O)[C@H](O)[C@H](O)CO. The fraction of sp³-hybridized carbons (Fsp3) is 0.514. The molecule has 0 radical (unpaired) electrons. The Bertz CT molecular complexity index is 1820. The molecule has 2 heterocycles. The highest BCUT2D eigenvalue weighted by molar-refractivity contribution is 7.89. The normalized spacial score (nSPS) is 19.7. The van der Waals surface area contributed by atoms with E-state index < -0.39 is 46.6 Å². The molecule has 2 aromatic carbocycles. The molecule has 2 saturated carbocycles. The van der Waals surface area contributed by atoms with Gasteiger partial charge in [0.25, 0.3) is 0 Å². The molecule has 4 atom stereocenters. The minimum absolute atomic E-state index is 0.0726. The minimum Gasteiger partial charge on any atom is -0.490 e. The van der Waals surface area contributed by atoms with E-state index in [9.17, 15) is 33.6 Å². The van der Waals surface area contributed by atoms with Gasteiger partial charge in [-0.1, -0.05) is 29.8 Å². The highest BCUT2D eigenvalue weighted by Crippen LogP contribution is 2.53. The Labute approximate surface area is 308 Å². The summed E-state index contributed by atoms with van der Waals surface area (Å²) in [6, 6.07) is 14.6. The van der Waals surface area contributed by atoms with Gasteiger partial charge in [-0.25, -0.2) is 8.42 Å². The molecule has 2 aliphatic carbocycles. The lowest BCUT2D eigenvalue weighted by Gasteiger charge is -2.38. The second-order valence-electron chi connectivity index (χ2n) is 14.0. The summed E-state index contributed by atoms with van der Waals surface area (Å²) in [5, 5.41) is 50.7. The fourth-order valence-electron chi connectivity index (χ4n) is 6.39. The van der Waals surface area contributed by atoms with E-state index in [2.05, 4.69) is 10.3 Å². The van der Waals surface area contributed by atoms with Crippen LogP contribution in [-0.2, 0) is 31.8 Å². The van der Waals surface area contributed by atoms with E-state index in [-0.39, 0.29) is 42.4 Å². The first kappa shape index (κ1) is 38.5. The average Bonchev–Trinajstić information content (AvgIpc) is 4.08. The number of rotatable bonds is 19. The molecule has 282 valence electrons. The number of amides is 1. The molecule has 0 spiro atoms. The van der Waals surface area contributed by atoms with Gasteiger partial charge in [0, 0.05) is 54.6 Å². The summed E-state index contributed by atoms with van der Waals surface area (Å²) >= 11 is 6.56. The number of halogens is 1. The van der Waals surface area contributed by atoms with E-state index in [1.165, 1.54) is 10.4 Å². The summed E-state index contributed by atoms with van der Waals surface area (Å²) in [5.41, 5.74) is 2.91. The topological polar surface area (TPSA) is 199 Å². The number of carbonyl (C=O) groups is 1. The lowest BCUT2D eigenvalue weighted by molar-refractivity contribution is -0.126. The van der Waals surface area contributed by atoms with Crippen LogP contribution in [0.5, 0.6) is 5.75 Å². The van der Waals surface area contributed by atoms with Crippen molar-refractivity contribution < 1.29 is 48.2 Å². The number of hydrogen-bond acceptors (Lipinski definition) is 11. The molecule has 52 heavy (non-hydrogen) atoms. The zero-order chi connectivity index (χ0) is 37.0. The lowest BCUT2D eigenvalue weighted by Crippen LogP contribution is -2.50. The third kappa shape index (κ3) is 8.95. The fourth-order valence-corrected chi connectivity index (χ4v) is 8.20. The van der Waals surface area contributed by atoms with Crippen LogP contribution < -0.4 is 10.1 Å². The quantitative estimate of drug-likeness (QED) is 0.105. The smallest absolute Gasteiger partial charge is 0.243 e. The van der Waals surface area contributed by atoms with Crippen molar-refractivity contribution >= 4 is 27.5 Å². The lowest BCUT2D eigenvalue weighted by atomic mass is 9.96. The number of nitrogens with one attached hydrogen (secondary N) is 1. The monoisotopic (exact) mass is 759 g/mol. The zero-order valence-corrected chi connectivity index (χ0v) is 30.3. The molecule has 6 N–H and O–H groups in total. The van der Waals surface area contributed by atoms with Gasteiger partial charge in [0.15, 0.2) is 0 Å². The molecule has 3 fully saturated rings. The van der Waals surface area contributed by atoms with Gasteiger partial charge in [-0.2, -0.15) is 4.31 Å². The van der Waals surface area contributed by atoms with Crippen molar-refractivity contribution in [1.82, 2.24) is 14.6 Å². The Hall–Kier alpha value is -3.18. The largest absolute Gasteiger partial charge is 0.490 e. The van der Waals surface area contributed by atoms with Crippen molar-refractivity contribution in [3.63, 3.8) is 0 Å². The van der Waals surface area contributed by atoms with Gasteiger partial charge < -0.3 is 40.3 Å².